The van der Waals surface area contributed by atoms with Crippen LogP contribution in [0.4, 0.5) is 5.69 Å². The number of hydrogen-bond donors (Lipinski definition) is 2. The predicted octanol–water partition coefficient (Wildman–Crippen LogP) is 3.72. The summed E-state index contributed by atoms with van der Waals surface area (Å²) in [7, 11) is 0. The van der Waals surface area contributed by atoms with Crippen LogP contribution in [-0.2, 0) is 4.79 Å². The highest BCUT2D eigenvalue weighted by Crippen LogP contribution is 2.30. The minimum Gasteiger partial charge on any atom is -0.325 e. The quantitative estimate of drug-likeness (QED) is 0.514. The van der Waals surface area contributed by atoms with Crippen LogP contribution in [0.1, 0.15) is 5.69 Å². The number of benzene rings is 2. The van der Waals surface area contributed by atoms with Gasteiger partial charge in [-0.25, -0.2) is 4.98 Å². The molecule has 0 aliphatic heterocycles. The van der Waals surface area contributed by atoms with Gasteiger partial charge in [0.2, 0.25) is 5.91 Å². The van der Waals surface area contributed by atoms with Crippen molar-refractivity contribution >= 4 is 50.1 Å². The number of halogens is 1. The standard InChI is InChI=1S/C17H14BrN3O2S/c1-10-8-15(22)21-17(19-10)24-9-16(23)20-14-7-6-13(18)11-4-2-3-5-12(11)14/h2-8H,9H2,1H3,(H,20,23)(H,19,21,22). The third-order valence-corrected chi connectivity index (χ3v) is 4.90. The van der Waals surface area contributed by atoms with Crippen molar-refractivity contribution in [1.82, 2.24) is 9.97 Å². The number of amides is 1. The second kappa shape index (κ2) is 7.19. The summed E-state index contributed by atoms with van der Waals surface area (Å²) < 4.78 is 0.979. The summed E-state index contributed by atoms with van der Waals surface area (Å²) in [4.78, 5) is 30.4. The van der Waals surface area contributed by atoms with Gasteiger partial charge in [0.25, 0.3) is 5.56 Å². The number of rotatable bonds is 4. The largest absolute Gasteiger partial charge is 0.325 e. The van der Waals surface area contributed by atoms with Gasteiger partial charge in [0, 0.05) is 27.3 Å². The fourth-order valence-corrected chi connectivity index (χ4v) is 3.51. The molecule has 0 aliphatic carbocycles. The molecule has 5 nitrogen and oxygen atoms in total. The molecular weight excluding hydrogens is 390 g/mol. The average molecular weight is 404 g/mol. The fraction of sp³-hybridized carbons (Fsp3) is 0.118. The van der Waals surface area contributed by atoms with Gasteiger partial charge in [-0.05, 0) is 24.4 Å². The molecule has 1 amide bonds. The SMILES string of the molecule is Cc1cc(=O)[nH]c(SCC(=O)Nc2ccc(Br)c3ccccc23)n1. The second-order valence-electron chi connectivity index (χ2n) is 5.17. The van der Waals surface area contributed by atoms with Gasteiger partial charge in [-0.1, -0.05) is 52.0 Å². The fourth-order valence-electron chi connectivity index (χ4n) is 2.31. The molecule has 1 aromatic heterocycles. The number of aromatic nitrogens is 2. The minimum atomic E-state index is -0.218. The van der Waals surface area contributed by atoms with Crippen molar-refractivity contribution in [2.45, 2.75) is 12.1 Å². The highest BCUT2D eigenvalue weighted by Gasteiger charge is 2.09. The molecule has 3 aromatic rings. The molecule has 0 spiro atoms. The number of carbonyl (C=O) groups excluding carboxylic acids is 1. The van der Waals surface area contributed by atoms with Gasteiger partial charge >= 0.3 is 0 Å². The molecule has 0 saturated heterocycles. The number of aromatic amines is 1. The Bertz CT molecular complexity index is 971. The van der Waals surface area contributed by atoms with Gasteiger partial charge in [0.1, 0.15) is 0 Å². The summed E-state index contributed by atoms with van der Waals surface area (Å²) in [6, 6.07) is 13.0. The van der Waals surface area contributed by atoms with E-state index in [9.17, 15) is 9.59 Å². The van der Waals surface area contributed by atoms with Crippen LogP contribution in [-0.4, -0.2) is 21.6 Å². The monoisotopic (exact) mass is 403 g/mol. The van der Waals surface area contributed by atoms with E-state index in [1.165, 1.54) is 17.8 Å². The van der Waals surface area contributed by atoms with Crippen LogP contribution in [0.15, 0.2) is 56.9 Å². The molecule has 0 aliphatic rings. The molecule has 7 heteroatoms. The maximum absolute atomic E-state index is 12.2. The van der Waals surface area contributed by atoms with Crippen LogP contribution < -0.4 is 10.9 Å². The van der Waals surface area contributed by atoms with E-state index in [0.717, 1.165) is 20.9 Å². The molecule has 2 aromatic carbocycles. The topological polar surface area (TPSA) is 74.8 Å². The van der Waals surface area contributed by atoms with Gasteiger partial charge in [-0.15, -0.1) is 0 Å². The first-order valence-corrected chi connectivity index (χ1v) is 8.98. The average Bonchev–Trinajstić information content (AvgIpc) is 2.55. The van der Waals surface area contributed by atoms with E-state index < -0.39 is 0 Å². The molecule has 24 heavy (non-hydrogen) atoms. The number of anilines is 1. The van der Waals surface area contributed by atoms with Crippen LogP contribution in [0.3, 0.4) is 0 Å². The molecule has 0 radical (unpaired) electrons. The Kier molecular flexibility index (Phi) is 5.01. The zero-order chi connectivity index (χ0) is 17.1. The summed E-state index contributed by atoms with van der Waals surface area (Å²) in [5, 5.41) is 5.35. The molecule has 122 valence electrons. The van der Waals surface area contributed by atoms with Crippen molar-refractivity contribution in [2.75, 3.05) is 11.1 Å². The van der Waals surface area contributed by atoms with Gasteiger partial charge < -0.3 is 10.3 Å². The number of thioether (sulfide) groups is 1. The molecule has 0 fully saturated rings. The Morgan fingerprint density at radius 2 is 2.00 bits per heavy atom. The Morgan fingerprint density at radius 3 is 2.75 bits per heavy atom. The number of nitrogens with one attached hydrogen (secondary N) is 2. The van der Waals surface area contributed by atoms with Crippen molar-refractivity contribution < 1.29 is 4.79 Å². The van der Waals surface area contributed by atoms with Gasteiger partial charge in [0.05, 0.1) is 5.75 Å². The minimum absolute atomic E-state index is 0.156. The van der Waals surface area contributed by atoms with Crippen LogP contribution in [0.5, 0.6) is 0 Å². The van der Waals surface area contributed by atoms with Crippen LogP contribution in [0, 0.1) is 6.92 Å². The molecule has 0 atom stereocenters. The number of fused-ring (bicyclic) bond motifs is 1. The van der Waals surface area contributed by atoms with Gasteiger partial charge in [-0.2, -0.15) is 0 Å². The van der Waals surface area contributed by atoms with E-state index in [4.69, 9.17) is 0 Å². The van der Waals surface area contributed by atoms with Crippen LogP contribution in [0.25, 0.3) is 10.8 Å². The van der Waals surface area contributed by atoms with Crippen LogP contribution in [0.2, 0.25) is 0 Å². The number of hydrogen-bond acceptors (Lipinski definition) is 4. The lowest BCUT2D eigenvalue weighted by atomic mass is 10.1. The maximum Gasteiger partial charge on any atom is 0.251 e. The van der Waals surface area contributed by atoms with Gasteiger partial charge in [-0.3, -0.25) is 9.59 Å². The summed E-state index contributed by atoms with van der Waals surface area (Å²) in [6.07, 6.45) is 0. The third kappa shape index (κ3) is 3.85. The first-order valence-electron chi connectivity index (χ1n) is 7.21. The summed E-state index contributed by atoms with van der Waals surface area (Å²) in [5.41, 5.74) is 1.16. The molecule has 0 bridgehead atoms. The van der Waals surface area contributed by atoms with E-state index in [1.54, 1.807) is 6.92 Å². The van der Waals surface area contributed by atoms with Crippen LogP contribution >= 0.6 is 27.7 Å². The molecule has 2 N–H and O–H groups in total. The molecule has 0 saturated carbocycles. The lowest BCUT2D eigenvalue weighted by molar-refractivity contribution is -0.113. The Balaban J connectivity index is 1.73. The first kappa shape index (κ1) is 16.7. The Morgan fingerprint density at radius 1 is 1.25 bits per heavy atom. The molecule has 1 heterocycles. The first-order chi connectivity index (χ1) is 11.5. The Labute approximate surface area is 151 Å². The van der Waals surface area contributed by atoms with Gasteiger partial charge in [0.15, 0.2) is 5.16 Å². The van der Waals surface area contributed by atoms with Crippen molar-refractivity contribution in [1.29, 1.82) is 0 Å². The van der Waals surface area contributed by atoms with Crippen molar-refractivity contribution in [3.8, 4) is 0 Å². The summed E-state index contributed by atoms with van der Waals surface area (Å²) in [6.45, 7) is 1.74. The lowest BCUT2D eigenvalue weighted by Gasteiger charge is -2.10. The highest BCUT2D eigenvalue weighted by atomic mass is 79.9. The smallest absolute Gasteiger partial charge is 0.251 e. The number of carbonyl (C=O) groups is 1. The summed E-state index contributed by atoms with van der Waals surface area (Å²) >= 11 is 4.71. The molecule has 0 unspecified atom stereocenters. The van der Waals surface area contributed by atoms with E-state index in [-0.39, 0.29) is 17.2 Å². The highest BCUT2D eigenvalue weighted by molar-refractivity contribution is 9.10. The third-order valence-electron chi connectivity index (χ3n) is 3.33. The normalized spacial score (nSPS) is 10.8. The summed E-state index contributed by atoms with van der Waals surface area (Å²) in [5.74, 6) is 0.00758. The van der Waals surface area contributed by atoms with Crippen molar-refractivity contribution in [2.24, 2.45) is 0 Å². The molecular formula is C17H14BrN3O2S. The Hall–Kier alpha value is -2.12. The number of nitrogens with zero attached hydrogens (tertiary/aromatic N) is 1. The van der Waals surface area contributed by atoms with Crippen molar-refractivity contribution in [3.05, 3.63) is 63.0 Å². The zero-order valence-corrected chi connectivity index (χ0v) is 15.2. The number of H-pyrrole nitrogens is 1. The predicted molar refractivity (Wildman–Crippen MR) is 101 cm³/mol. The zero-order valence-electron chi connectivity index (χ0n) is 12.8. The maximum atomic E-state index is 12.2. The van der Waals surface area contributed by atoms with E-state index in [2.05, 4.69) is 31.2 Å². The van der Waals surface area contributed by atoms with Crippen molar-refractivity contribution in [3.63, 3.8) is 0 Å². The van der Waals surface area contributed by atoms with E-state index in [1.807, 2.05) is 36.4 Å². The second-order valence-corrected chi connectivity index (χ2v) is 6.99. The molecule has 3 rings (SSSR count). The van der Waals surface area contributed by atoms with E-state index >= 15 is 0 Å². The van der Waals surface area contributed by atoms with E-state index in [0.29, 0.717) is 10.9 Å². The lowest BCUT2D eigenvalue weighted by Crippen LogP contribution is -2.15. The number of aryl methyl sites for hydroxylation is 1.